The molecule has 4 nitrogen and oxygen atoms in total. The highest BCUT2D eigenvalue weighted by Gasteiger charge is 2.13. The van der Waals surface area contributed by atoms with Crippen LogP contribution in [0.25, 0.3) is 21.5 Å². The molecule has 18 heavy (non-hydrogen) atoms. The van der Waals surface area contributed by atoms with Crippen LogP contribution in [0.15, 0.2) is 42.7 Å². The van der Waals surface area contributed by atoms with Gasteiger partial charge in [-0.3, -0.25) is 0 Å². The lowest BCUT2D eigenvalue weighted by Gasteiger charge is -2.00. The highest BCUT2D eigenvalue weighted by atomic mass is 32.1. The molecule has 0 aliphatic rings. The highest BCUT2D eigenvalue weighted by molar-refractivity contribution is 7.20. The number of rotatable bonds is 2. The average Bonchev–Trinajstić information content (AvgIpc) is 2.83. The zero-order chi connectivity index (χ0) is 12.5. The Morgan fingerprint density at radius 2 is 1.94 bits per heavy atom. The van der Waals surface area contributed by atoms with E-state index >= 15 is 0 Å². The number of nitrogens with zero attached hydrogens (tertiary/aromatic N) is 2. The molecule has 0 spiro atoms. The summed E-state index contributed by atoms with van der Waals surface area (Å²) < 4.78 is 0. The van der Waals surface area contributed by atoms with E-state index in [0.717, 1.165) is 28.0 Å². The van der Waals surface area contributed by atoms with Crippen LogP contribution in [0, 0.1) is 0 Å². The molecule has 1 N–H and O–H groups in total. The summed E-state index contributed by atoms with van der Waals surface area (Å²) >= 11 is 1.16. The van der Waals surface area contributed by atoms with E-state index in [9.17, 15) is 4.79 Å². The minimum Gasteiger partial charge on any atom is -0.477 e. The van der Waals surface area contributed by atoms with Crippen molar-refractivity contribution in [3.05, 3.63) is 47.6 Å². The van der Waals surface area contributed by atoms with Crippen LogP contribution in [-0.4, -0.2) is 21.0 Å². The zero-order valence-electron chi connectivity index (χ0n) is 9.20. The summed E-state index contributed by atoms with van der Waals surface area (Å²) in [6.07, 6.45) is 1.47. The maximum atomic E-state index is 11.0. The van der Waals surface area contributed by atoms with Crippen LogP contribution in [0.5, 0.6) is 0 Å². The fourth-order valence-corrected chi connectivity index (χ4v) is 2.62. The standard InChI is InChI=1S/C13H8N2O2S/c16-13(17)10-6-9-11(8-4-2-1-3-5-8)14-7-15-12(9)18-10/h1-7H,(H,16,17). The van der Waals surface area contributed by atoms with E-state index in [2.05, 4.69) is 9.97 Å². The predicted molar refractivity (Wildman–Crippen MR) is 69.8 cm³/mol. The molecule has 88 valence electrons. The summed E-state index contributed by atoms with van der Waals surface area (Å²) in [5, 5.41) is 9.79. The number of fused-ring (bicyclic) bond motifs is 1. The molecular formula is C13H8N2O2S. The molecule has 0 radical (unpaired) electrons. The van der Waals surface area contributed by atoms with E-state index in [4.69, 9.17) is 5.11 Å². The molecule has 0 fully saturated rings. The first kappa shape index (κ1) is 10.9. The second kappa shape index (κ2) is 4.19. The van der Waals surface area contributed by atoms with E-state index in [1.807, 2.05) is 30.3 Å². The summed E-state index contributed by atoms with van der Waals surface area (Å²) in [6, 6.07) is 11.3. The van der Waals surface area contributed by atoms with Gasteiger partial charge in [0, 0.05) is 10.9 Å². The Balaban J connectivity index is 2.27. The summed E-state index contributed by atoms with van der Waals surface area (Å²) in [5.41, 5.74) is 1.73. The lowest BCUT2D eigenvalue weighted by molar-refractivity contribution is 0.0702. The van der Waals surface area contributed by atoms with Crippen molar-refractivity contribution in [1.82, 2.24) is 9.97 Å². The number of hydrogen-bond acceptors (Lipinski definition) is 4. The highest BCUT2D eigenvalue weighted by Crippen LogP contribution is 2.30. The third kappa shape index (κ3) is 1.74. The average molecular weight is 256 g/mol. The van der Waals surface area contributed by atoms with Gasteiger partial charge in [-0.05, 0) is 6.07 Å². The zero-order valence-corrected chi connectivity index (χ0v) is 10.0. The number of aromatic carboxylic acids is 1. The van der Waals surface area contributed by atoms with Gasteiger partial charge in [-0.25, -0.2) is 14.8 Å². The van der Waals surface area contributed by atoms with Gasteiger partial charge in [0.2, 0.25) is 0 Å². The number of hydrogen-bond donors (Lipinski definition) is 1. The fourth-order valence-electron chi connectivity index (χ4n) is 1.79. The van der Waals surface area contributed by atoms with Crippen LogP contribution in [0.4, 0.5) is 0 Å². The Morgan fingerprint density at radius 3 is 2.67 bits per heavy atom. The fraction of sp³-hybridized carbons (Fsp3) is 0. The van der Waals surface area contributed by atoms with Crippen molar-refractivity contribution in [2.75, 3.05) is 0 Å². The van der Waals surface area contributed by atoms with E-state index in [-0.39, 0.29) is 4.88 Å². The van der Waals surface area contributed by atoms with E-state index < -0.39 is 5.97 Å². The van der Waals surface area contributed by atoms with Crippen LogP contribution in [0.3, 0.4) is 0 Å². The number of carbonyl (C=O) groups is 1. The van der Waals surface area contributed by atoms with Crippen molar-refractivity contribution in [2.24, 2.45) is 0 Å². The number of aromatic nitrogens is 2. The molecule has 1 aromatic carbocycles. The maximum Gasteiger partial charge on any atom is 0.345 e. The van der Waals surface area contributed by atoms with E-state index in [1.54, 1.807) is 6.07 Å². The van der Waals surface area contributed by atoms with Crippen molar-refractivity contribution in [2.45, 2.75) is 0 Å². The van der Waals surface area contributed by atoms with Gasteiger partial charge >= 0.3 is 5.97 Å². The second-order valence-electron chi connectivity index (χ2n) is 3.72. The van der Waals surface area contributed by atoms with Gasteiger partial charge in [0.15, 0.2) is 0 Å². The molecule has 0 saturated carbocycles. The molecule has 3 rings (SSSR count). The monoisotopic (exact) mass is 256 g/mol. The second-order valence-corrected chi connectivity index (χ2v) is 4.75. The molecule has 0 atom stereocenters. The van der Waals surface area contributed by atoms with E-state index in [0.29, 0.717) is 4.83 Å². The summed E-state index contributed by atoms with van der Waals surface area (Å²) in [4.78, 5) is 20.3. The Morgan fingerprint density at radius 1 is 1.17 bits per heavy atom. The Labute approximate surface area is 107 Å². The number of carboxylic acid groups (broad SMARTS) is 1. The molecule has 0 aliphatic heterocycles. The lowest BCUT2D eigenvalue weighted by Crippen LogP contribution is -1.89. The molecule has 0 aliphatic carbocycles. The van der Waals surface area contributed by atoms with Gasteiger partial charge < -0.3 is 5.11 Å². The van der Waals surface area contributed by atoms with Gasteiger partial charge in [-0.15, -0.1) is 11.3 Å². The van der Waals surface area contributed by atoms with Crippen LogP contribution in [0.2, 0.25) is 0 Å². The minimum absolute atomic E-state index is 0.280. The first-order chi connectivity index (χ1) is 8.75. The summed E-state index contributed by atoms with van der Waals surface area (Å²) in [6.45, 7) is 0. The molecule has 0 amide bonds. The minimum atomic E-state index is -0.933. The van der Waals surface area contributed by atoms with Crippen LogP contribution < -0.4 is 0 Å². The molecular weight excluding hydrogens is 248 g/mol. The first-order valence-corrected chi connectivity index (χ1v) is 6.10. The summed E-state index contributed by atoms with van der Waals surface area (Å²) in [5.74, 6) is -0.933. The Hall–Kier alpha value is -2.27. The smallest absolute Gasteiger partial charge is 0.345 e. The Kier molecular flexibility index (Phi) is 2.53. The molecule has 2 heterocycles. The SMILES string of the molecule is O=C(O)c1cc2c(-c3ccccc3)ncnc2s1. The van der Waals surface area contributed by atoms with Crippen molar-refractivity contribution in [3.63, 3.8) is 0 Å². The van der Waals surface area contributed by atoms with Crippen molar-refractivity contribution in [1.29, 1.82) is 0 Å². The number of carboxylic acids is 1. The molecule has 0 saturated heterocycles. The van der Waals surface area contributed by atoms with Crippen LogP contribution in [0.1, 0.15) is 9.67 Å². The molecule has 2 aromatic heterocycles. The van der Waals surface area contributed by atoms with Crippen molar-refractivity contribution in [3.8, 4) is 11.3 Å². The number of benzene rings is 1. The van der Waals surface area contributed by atoms with Crippen LogP contribution in [-0.2, 0) is 0 Å². The quantitative estimate of drug-likeness (QED) is 0.765. The van der Waals surface area contributed by atoms with Gasteiger partial charge in [0.05, 0.1) is 5.69 Å². The topological polar surface area (TPSA) is 63.1 Å². The molecule has 0 unspecified atom stereocenters. The van der Waals surface area contributed by atoms with Gasteiger partial charge in [-0.1, -0.05) is 30.3 Å². The van der Waals surface area contributed by atoms with Crippen molar-refractivity contribution >= 4 is 27.5 Å². The maximum absolute atomic E-state index is 11.0. The molecule has 5 heteroatoms. The Bertz CT molecular complexity index is 722. The van der Waals surface area contributed by atoms with Gasteiger partial charge in [0.1, 0.15) is 16.0 Å². The molecule has 3 aromatic rings. The van der Waals surface area contributed by atoms with Crippen molar-refractivity contribution < 1.29 is 9.90 Å². The number of thiophene rings is 1. The normalized spacial score (nSPS) is 10.7. The predicted octanol–water partition coefficient (Wildman–Crippen LogP) is 3.06. The summed E-state index contributed by atoms with van der Waals surface area (Å²) in [7, 11) is 0. The lowest BCUT2D eigenvalue weighted by atomic mass is 10.1. The van der Waals surface area contributed by atoms with Crippen LogP contribution >= 0.6 is 11.3 Å². The molecule has 0 bridgehead atoms. The third-order valence-electron chi connectivity index (χ3n) is 2.59. The largest absolute Gasteiger partial charge is 0.477 e. The van der Waals surface area contributed by atoms with E-state index in [1.165, 1.54) is 6.33 Å². The first-order valence-electron chi connectivity index (χ1n) is 5.29. The van der Waals surface area contributed by atoms with Gasteiger partial charge in [0.25, 0.3) is 0 Å². The third-order valence-corrected chi connectivity index (χ3v) is 3.62. The van der Waals surface area contributed by atoms with Gasteiger partial charge in [-0.2, -0.15) is 0 Å².